The molecule has 2 aromatic carbocycles. The molecule has 29 heavy (non-hydrogen) atoms. The average molecular weight is 397 g/mol. The monoisotopic (exact) mass is 396 g/mol. The normalized spacial score (nSPS) is 21.0. The lowest BCUT2D eigenvalue weighted by Crippen LogP contribution is -2.64. The van der Waals surface area contributed by atoms with E-state index >= 15 is 0 Å². The Morgan fingerprint density at radius 2 is 1.62 bits per heavy atom. The highest BCUT2D eigenvalue weighted by Crippen LogP contribution is 2.35. The van der Waals surface area contributed by atoms with Gasteiger partial charge in [-0.25, -0.2) is 0 Å². The Balaban J connectivity index is 1.76. The van der Waals surface area contributed by atoms with Gasteiger partial charge in [0.1, 0.15) is 0 Å². The van der Waals surface area contributed by atoms with Crippen LogP contribution in [0.25, 0.3) is 11.1 Å². The summed E-state index contributed by atoms with van der Waals surface area (Å²) in [7, 11) is 1.83. The highest BCUT2D eigenvalue weighted by molar-refractivity contribution is 5.94. The topological polar surface area (TPSA) is 64.8 Å². The van der Waals surface area contributed by atoms with E-state index in [1.165, 1.54) is 0 Å². The number of likely N-dealkylation sites (N-methyl/N-ethyl adjacent to an activating group) is 1. The van der Waals surface area contributed by atoms with Gasteiger partial charge in [0.25, 0.3) is 5.91 Å². The maximum Gasteiger partial charge on any atom is 0.253 e. The van der Waals surface area contributed by atoms with E-state index in [2.05, 4.69) is 12.1 Å². The summed E-state index contributed by atoms with van der Waals surface area (Å²) in [5, 5.41) is 0. The largest absolute Gasteiger partial charge is 0.349 e. The van der Waals surface area contributed by atoms with Gasteiger partial charge in [-0.3, -0.25) is 4.79 Å². The SMILES string of the molecule is CCOC1(OCC)CCCC(N(C)C(=O)c2ccc(-c3ccccc3)cc2)C1N. The maximum atomic E-state index is 13.2. The third-order valence-electron chi connectivity index (χ3n) is 5.78. The third-order valence-corrected chi connectivity index (χ3v) is 5.78. The van der Waals surface area contributed by atoms with Crippen LogP contribution in [0.4, 0.5) is 0 Å². The van der Waals surface area contributed by atoms with E-state index in [-0.39, 0.29) is 11.9 Å². The Kier molecular flexibility index (Phi) is 7.06. The molecular weight excluding hydrogens is 364 g/mol. The van der Waals surface area contributed by atoms with Crippen LogP contribution in [0.2, 0.25) is 0 Å². The lowest BCUT2D eigenvalue weighted by atomic mass is 9.84. The molecule has 2 atom stereocenters. The first-order valence-electron chi connectivity index (χ1n) is 10.5. The lowest BCUT2D eigenvalue weighted by Gasteiger charge is -2.47. The van der Waals surface area contributed by atoms with Crippen molar-refractivity contribution in [1.29, 1.82) is 0 Å². The van der Waals surface area contributed by atoms with Crippen LogP contribution in [0.1, 0.15) is 43.5 Å². The summed E-state index contributed by atoms with van der Waals surface area (Å²) in [6.45, 7) is 4.94. The zero-order chi connectivity index (χ0) is 20.9. The van der Waals surface area contributed by atoms with Crippen LogP contribution in [0, 0.1) is 0 Å². The molecule has 2 aromatic rings. The highest BCUT2D eigenvalue weighted by Gasteiger charge is 2.47. The van der Waals surface area contributed by atoms with E-state index in [1.54, 1.807) is 4.90 Å². The van der Waals surface area contributed by atoms with Crippen molar-refractivity contribution in [2.45, 2.75) is 51.0 Å². The first-order valence-corrected chi connectivity index (χ1v) is 10.5. The molecule has 156 valence electrons. The molecule has 0 spiro atoms. The Labute approximate surface area is 173 Å². The van der Waals surface area contributed by atoms with Crippen LogP contribution in [-0.4, -0.2) is 48.9 Å². The molecule has 0 bridgehead atoms. The van der Waals surface area contributed by atoms with E-state index in [4.69, 9.17) is 15.2 Å². The van der Waals surface area contributed by atoms with Gasteiger partial charge in [0.2, 0.25) is 0 Å². The number of amides is 1. The first kappa shape index (κ1) is 21.5. The predicted molar refractivity (Wildman–Crippen MR) is 116 cm³/mol. The number of ether oxygens (including phenoxy) is 2. The van der Waals surface area contributed by atoms with Gasteiger partial charge in [-0.2, -0.15) is 0 Å². The fraction of sp³-hybridized carbons (Fsp3) is 0.458. The van der Waals surface area contributed by atoms with Crippen molar-refractivity contribution in [3.63, 3.8) is 0 Å². The lowest BCUT2D eigenvalue weighted by molar-refractivity contribution is -0.263. The summed E-state index contributed by atoms with van der Waals surface area (Å²) in [5.74, 6) is -0.855. The van der Waals surface area contributed by atoms with Crippen LogP contribution >= 0.6 is 0 Å². The van der Waals surface area contributed by atoms with Gasteiger partial charge in [-0.05, 0) is 49.9 Å². The van der Waals surface area contributed by atoms with E-state index < -0.39 is 11.8 Å². The Morgan fingerprint density at radius 3 is 2.21 bits per heavy atom. The maximum absolute atomic E-state index is 13.2. The van der Waals surface area contributed by atoms with Gasteiger partial charge in [0, 0.05) is 32.2 Å². The summed E-state index contributed by atoms with van der Waals surface area (Å²) in [6, 6.07) is 17.3. The van der Waals surface area contributed by atoms with Crippen molar-refractivity contribution in [1.82, 2.24) is 4.90 Å². The van der Waals surface area contributed by atoms with E-state index in [9.17, 15) is 4.79 Å². The molecule has 0 saturated heterocycles. The van der Waals surface area contributed by atoms with Gasteiger partial charge in [-0.15, -0.1) is 0 Å². The molecule has 0 radical (unpaired) electrons. The Bertz CT molecular complexity index is 780. The number of hydrogen-bond acceptors (Lipinski definition) is 4. The average Bonchev–Trinajstić information content (AvgIpc) is 2.76. The van der Waals surface area contributed by atoms with E-state index in [1.807, 2.05) is 63.4 Å². The Morgan fingerprint density at radius 1 is 1.03 bits per heavy atom. The summed E-state index contributed by atoms with van der Waals surface area (Å²) in [6.07, 6.45) is 2.50. The molecule has 0 aromatic heterocycles. The molecule has 1 aliphatic carbocycles. The number of benzene rings is 2. The minimum absolute atomic E-state index is 0.0335. The zero-order valence-electron chi connectivity index (χ0n) is 17.6. The molecule has 1 fully saturated rings. The van der Waals surface area contributed by atoms with E-state index in [0.717, 1.165) is 30.4 Å². The molecule has 1 saturated carbocycles. The van der Waals surface area contributed by atoms with Crippen molar-refractivity contribution >= 4 is 5.91 Å². The van der Waals surface area contributed by atoms with Crippen molar-refractivity contribution in [3.8, 4) is 11.1 Å². The number of carbonyl (C=O) groups excluding carboxylic acids is 1. The number of rotatable bonds is 7. The van der Waals surface area contributed by atoms with Gasteiger partial charge in [0.15, 0.2) is 5.79 Å². The first-order chi connectivity index (χ1) is 14.0. The molecule has 0 aliphatic heterocycles. The number of carbonyl (C=O) groups is 1. The van der Waals surface area contributed by atoms with Crippen LogP contribution in [0.3, 0.4) is 0 Å². The number of hydrogen-bond donors (Lipinski definition) is 1. The molecule has 1 amide bonds. The quantitative estimate of drug-likeness (QED) is 0.717. The van der Waals surface area contributed by atoms with Crippen molar-refractivity contribution < 1.29 is 14.3 Å². The van der Waals surface area contributed by atoms with Crippen molar-refractivity contribution in [3.05, 3.63) is 60.2 Å². The molecule has 3 rings (SSSR count). The molecular formula is C24H32N2O3. The standard InChI is InChI=1S/C24H32N2O3/c1-4-28-24(29-5-2)17-9-12-21(22(24)25)26(3)23(27)20-15-13-19(14-16-20)18-10-7-6-8-11-18/h6-8,10-11,13-16,21-22H,4-5,9,12,17,25H2,1-3H3. The van der Waals surface area contributed by atoms with Crippen LogP contribution in [0.5, 0.6) is 0 Å². The molecule has 5 nitrogen and oxygen atoms in total. The third kappa shape index (κ3) is 4.53. The second-order valence-electron chi connectivity index (χ2n) is 7.52. The Hall–Kier alpha value is -2.21. The minimum Gasteiger partial charge on any atom is -0.349 e. The van der Waals surface area contributed by atoms with Crippen LogP contribution in [0.15, 0.2) is 54.6 Å². The fourth-order valence-electron chi connectivity index (χ4n) is 4.29. The molecule has 0 heterocycles. The van der Waals surface area contributed by atoms with Crippen molar-refractivity contribution in [2.24, 2.45) is 5.73 Å². The number of nitrogens with two attached hydrogens (primary N) is 1. The van der Waals surface area contributed by atoms with Crippen LogP contribution in [-0.2, 0) is 9.47 Å². The fourth-order valence-corrected chi connectivity index (χ4v) is 4.29. The molecule has 5 heteroatoms. The van der Waals surface area contributed by atoms with Gasteiger partial charge < -0.3 is 20.1 Å². The number of nitrogens with zero attached hydrogens (tertiary/aromatic N) is 1. The second kappa shape index (κ2) is 9.53. The predicted octanol–water partition coefficient (Wildman–Crippen LogP) is 4.07. The van der Waals surface area contributed by atoms with Gasteiger partial charge >= 0.3 is 0 Å². The zero-order valence-corrected chi connectivity index (χ0v) is 17.6. The highest BCUT2D eigenvalue weighted by atomic mass is 16.7. The minimum atomic E-state index is -0.821. The van der Waals surface area contributed by atoms with E-state index in [0.29, 0.717) is 18.8 Å². The van der Waals surface area contributed by atoms with Gasteiger partial charge in [0.05, 0.1) is 12.1 Å². The molecule has 2 N–H and O–H groups in total. The molecule has 1 aliphatic rings. The summed E-state index contributed by atoms with van der Waals surface area (Å²) in [4.78, 5) is 14.9. The summed E-state index contributed by atoms with van der Waals surface area (Å²) in [5.41, 5.74) is 9.48. The van der Waals surface area contributed by atoms with Crippen molar-refractivity contribution in [2.75, 3.05) is 20.3 Å². The summed E-state index contributed by atoms with van der Waals surface area (Å²) < 4.78 is 11.9. The van der Waals surface area contributed by atoms with Crippen LogP contribution < -0.4 is 5.73 Å². The second-order valence-corrected chi connectivity index (χ2v) is 7.52. The smallest absolute Gasteiger partial charge is 0.253 e. The van der Waals surface area contributed by atoms with Gasteiger partial charge in [-0.1, -0.05) is 42.5 Å². The molecule has 2 unspecified atom stereocenters. The summed E-state index contributed by atoms with van der Waals surface area (Å²) >= 11 is 0.